The smallest absolute Gasteiger partial charge is 0.388 e. The number of halogens is 6. The summed E-state index contributed by atoms with van der Waals surface area (Å²) >= 11 is 1.59. The van der Waals surface area contributed by atoms with Crippen LogP contribution < -0.4 is 0 Å². The maximum atomic E-state index is 13.7. The Morgan fingerprint density at radius 3 is 1.73 bits per heavy atom. The quantitative estimate of drug-likeness (QED) is 0.0644. The topological polar surface area (TPSA) is 158 Å². The predicted molar refractivity (Wildman–Crippen MR) is 143 cm³/mol. The first kappa shape index (κ1) is 41.4. The first-order chi connectivity index (χ1) is 21.2. The number of hydrogen-bond donors (Lipinski definition) is 3. The molecular weight excluding hydrogens is 648 g/mol. The second-order valence-corrected chi connectivity index (χ2v) is 10.4. The SMILES string of the molecule is N#CCCCOCC(O)COCC(F)(F)OC(F)(F)OC(F)(F)COCCOCC(O)COCC(O)COCCc1cccs1. The lowest BCUT2D eigenvalue weighted by molar-refractivity contribution is -0.518. The third-order valence-corrected chi connectivity index (χ3v) is 5.90. The van der Waals surface area contributed by atoms with Crippen LogP contribution in [0.2, 0.25) is 0 Å². The van der Waals surface area contributed by atoms with Gasteiger partial charge < -0.3 is 43.7 Å². The van der Waals surface area contributed by atoms with Gasteiger partial charge in [-0.2, -0.15) is 22.8 Å². The summed E-state index contributed by atoms with van der Waals surface area (Å²) in [5.41, 5.74) is 0. The van der Waals surface area contributed by atoms with Crippen LogP contribution in [0.1, 0.15) is 17.7 Å². The molecule has 0 aliphatic carbocycles. The first-order valence-electron chi connectivity index (χ1n) is 13.7. The Balaban J connectivity index is 2.12. The number of nitrogens with zero attached hydrogens (tertiary/aromatic N) is 1. The highest BCUT2D eigenvalue weighted by atomic mass is 32.1. The Hall–Kier alpha value is -1.67. The van der Waals surface area contributed by atoms with Gasteiger partial charge in [0.15, 0.2) is 0 Å². The van der Waals surface area contributed by atoms with Crippen LogP contribution in [0.25, 0.3) is 0 Å². The minimum absolute atomic E-state index is 0.0343. The van der Waals surface area contributed by atoms with E-state index < -0.39 is 63.3 Å². The molecule has 3 N–H and O–H groups in total. The van der Waals surface area contributed by atoms with Gasteiger partial charge in [-0.15, -0.1) is 20.1 Å². The summed E-state index contributed by atoms with van der Waals surface area (Å²) in [5, 5.41) is 39.5. The maximum absolute atomic E-state index is 13.7. The Morgan fingerprint density at radius 1 is 0.689 bits per heavy atom. The average molecular weight is 688 g/mol. The number of aliphatic hydroxyl groups excluding tert-OH is 3. The van der Waals surface area contributed by atoms with Crippen LogP contribution in [0.4, 0.5) is 26.3 Å². The van der Waals surface area contributed by atoms with E-state index in [0.717, 1.165) is 4.88 Å². The summed E-state index contributed by atoms with van der Waals surface area (Å²) in [7, 11) is 0. The molecule has 1 aromatic heterocycles. The van der Waals surface area contributed by atoms with E-state index in [-0.39, 0.29) is 52.7 Å². The van der Waals surface area contributed by atoms with Crippen molar-refractivity contribution in [2.45, 2.75) is 56.1 Å². The van der Waals surface area contributed by atoms with Crippen molar-refractivity contribution in [2.75, 3.05) is 79.3 Å². The molecule has 0 radical (unpaired) electrons. The Labute approximate surface area is 260 Å². The van der Waals surface area contributed by atoms with Crippen molar-refractivity contribution in [3.8, 4) is 6.07 Å². The van der Waals surface area contributed by atoms with Gasteiger partial charge in [0, 0.05) is 24.3 Å². The number of nitriles is 1. The number of alkyl halides is 6. The van der Waals surface area contributed by atoms with E-state index in [1.54, 1.807) is 11.3 Å². The zero-order valence-electron chi connectivity index (χ0n) is 24.3. The molecule has 0 aliphatic heterocycles. The van der Waals surface area contributed by atoms with Crippen LogP contribution >= 0.6 is 11.3 Å². The molecule has 0 saturated heterocycles. The lowest BCUT2D eigenvalue weighted by Crippen LogP contribution is -2.44. The molecule has 3 atom stereocenters. The molecule has 0 amide bonds. The molecule has 0 aromatic carbocycles. The summed E-state index contributed by atoms with van der Waals surface area (Å²) < 4.78 is 117. The van der Waals surface area contributed by atoms with Gasteiger partial charge in [-0.05, 0) is 17.9 Å². The van der Waals surface area contributed by atoms with Crippen LogP contribution in [0.3, 0.4) is 0 Å². The highest BCUT2D eigenvalue weighted by molar-refractivity contribution is 7.09. The summed E-state index contributed by atoms with van der Waals surface area (Å²) in [5.74, 6) is 0. The van der Waals surface area contributed by atoms with Crippen molar-refractivity contribution in [3.63, 3.8) is 0 Å². The maximum Gasteiger partial charge on any atom is 0.495 e. The molecule has 262 valence electrons. The zero-order chi connectivity index (χ0) is 33.6. The molecule has 12 nitrogen and oxygen atoms in total. The van der Waals surface area contributed by atoms with Crippen molar-refractivity contribution in [2.24, 2.45) is 0 Å². The third kappa shape index (κ3) is 23.3. The fourth-order valence-electron chi connectivity index (χ4n) is 3.07. The van der Waals surface area contributed by atoms with Gasteiger partial charge in [-0.3, -0.25) is 0 Å². The molecular formula is C26H39F6NO11S. The monoisotopic (exact) mass is 687 g/mol. The summed E-state index contributed by atoms with van der Waals surface area (Å²) in [4.78, 5) is 1.15. The van der Waals surface area contributed by atoms with Crippen LogP contribution in [-0.2, 0) is 44.3 Å². The average Bonchev–Trinajstić information content (AvgIpc) is 3.45. The largest absolute Gasteiger partial charge is 0.495 e. The van der Waals surface area contributed by atoms with E-state index in [4.69, 9.17) is 24.2 Å². The zero-order valence-corrected chi connectivity index (χ0v) is 25.1. The predicted octanol–water partition coefficient (Wildman–Crippen LogP) is 2.55. The van der Waals surface area contributed by atoms with Gasteiger partial charge in [0.25, 0.3) is 0 Å². The number of hydrogen-bond acceptors (Lipinski definition) is 13. The van der Waals surface area contributed by atoms with E-state index in [1.807, 2.05) is 23.6 Å². The molecule has 3 unspecified atom stereocenters. The van der Waals surface area contributed by atoms with Crippen LogP contribution in [0.15, 0.2) is 17.5 Å². The highest BCUT2D eigenvalue weighted by Gasteiger charge is 2.52. The van der Waals surface area contributed by atoms with Gasteiger partial charge in [-0.25, -0.2) is 9.47 Å². The molecule has 0 saturated carbocycles. The van der Waals surface area contributed by atoms with Crippen molar-refractivity contribution < 1.29 is 79.6 Å². The molecule has 1 aromatic rings. The Kier molecular flexibility index (Phi) is 20.9. The number of thiophene rings is 1. The van der Waals surface area contributed by atoms with E-state index in [2.05, 4.69) is 18.9 Å². The number of ether oxygens (including phenoxy) is 8. The van der Waals surface area contributed by atoms with E-state index in [0.29, 0.717) is 19.4 Å². The normalized spacial score (nSPS) is 14.8. The number of aliphatic hydroxyl groups is 3. The molecule has 0 aliphatic rings. The van der Waals surface area contributed by atoms with Crippen molar-refractivity contribution in [3.05, 3.63) is 22.4 Å². The molecule has 1 rings (SSSR count). The minimum atomic E-state index is -5.45. The second kappa shape index (κ2) is 22.8. The minimum Gasteiger partial charge on any atom is -0.388 e. The van der Waals surface area contributed by atoms with Gasteiger partial charge in [0.2, 0.25) is 0 Å². The van der Waals surface area contributed by atoms with Crippen molar-refractivity contribution in [1.29, 1.82) is 5.26 Å². The Morgan fingerprint density at radius 2 is 1.18 bits per heavy atom. The summed E-state index contributed by atoms with van der Waals surface area (Å²) in [6.45, 7) is -5.69. The second-order valence-electron chi connectivity index (χ2n) is 9.32. The highest BCUT2D eigenvalue weighted by Crippen LogP contribution is 2.33. The lowest BCUT2D eigenvalue weighted by Gasteiger charge is -2.26. The summed E-state index contributed by atoms with van der Waals surface area (Å²) in [6.07, 6.45) is -17.2. The van der Waals surface area contributed by atoms with E-state index in [9.17, 15) is 41.7 Å². The fourth-order valence-corrected chi connectivity index (χ4v) is 3.76. The van der Waals surface area contributed by atoms with Crippen LogP contribution in [-0.4, -0.2) is 131 Å². The lowest BCUT2D eigenvalue weighted by atomic mass is 10.3. The van der Waals surface area contributed by atoms with Gasteiger partial charge in [0.05, 0.1) is 65.5 Å². The molecule has 0 bridgehead atoms. The van der Waals surface area contributed by atoms with E-state index >= 15 is 0 Å². The van der Waals surface area contributed by atoms with E-state index in [1.165, 1.54) is 0 Å². The van der Waals surface area contributed by atoms with Gasteiger partial charge in [-0.1, -0.05) is 6.07 Å². The molecule has 19 heteroatoms. The molecule has 45 heavy (non-hydrogen) atoms. The summed E-state index contributed by atoms with van der Waals surface area (Å²) in [6, 6.07) is 5.75. The molecule has 0 fully saturated rings. The van der Waals surface area contributed by atoms with Crippen molar-refractivity contribution in [1.82, 2.24) is 0 Å². The Bertz CT molecular complexity index is 914. The third-order valence-electron chi connectivity index (χ3n) is 4.96. The van der Waals surface area contributed by atoms with Gasteiger partial charge in [0.1, 0.15) is 31.5 Å². The number of rotatable bonds is 29. The molecule has 0 spiro atoms. The van der Waals surface area contributed by atoms with Crippen LogP contribution in [0, 0.1) is 11.3 Å². The van der Waals surface area contributed by atoms with Crippen LogP contribution in [0.5, 0.6) is 0 Å². The standard InChI is InChI=1S/C26H39F6NO11S/c27-24(28,43-26(31,32)44-25(29,30)19-42-17-22(36)12-37-7-2-1-6-33)18-40-10-9-39-14-21(35)16-41-15-20(34)13-38-8-5-23-4-3-11-45-23/h3-4,11,20-22,34-36H,1-2,5,7-10,12-19H2. The molecule has 1 heterocycles. The fraction of sp³-hybridized carbons (Fsp3) is 0.808. The number of unbranched alkanes of at least 4 members (excludes halogenated alkanes) is 1. The van der Waals surface area contributed by atoms with Crippen molar-refractivity contribution >= 4 is 11.3 Å². The first-order valence-corrected chi connectivity index (χ1v) is 14.6. The van der Waals surface area contributed by atoms with Gasteiger partial charge >= 0.3 is 18.5 Å².